The summed E-state index contributed by atoms with van der Waals surface area (Å²) in [5.74, 6) is 1.08. The molecular formula is C16H19NS. The van der Waals surface area contributed by atoms with E-state index in [1.807, 2.05) is 11.8 Å². The van der Waals surface area contributed by atoms with Crippen LogP contribution in [0.5, 0.6) is 0 Å². The van der Waals surface area contributed by atoms with Crippen molar-refractivity contribution in [2.24, 2.45) is 0 Å². The predicted octanol–water partition coefficient (Wildman–Crippen LogP) is 4.51. The first-order chi connectivity index (χ1) is 8.75. The van der Waals surface area contributed by atoms with Crippen molar-refractivity contribution < 1.29 is 0 Å². The van der Waals surface area contributed by atoms with E-state index >= 15 is 0 Å². The number of thioether (sulfide) groups is 1. The first-order valence-electron chi connectivity index (χ1n) is 6.25. The van der Waals surface area contributed by atoms with Gasteiger partial charge >= 0.3 is 0 Å². The quantitative estimate of drug-likeness (QED) is 0.625. The maximum atomic E-state index is 3.47. The summed E-state index contributed by atoms with van der Waals surface area (Å²) in [6.45, 7) is 5.24. The van der Waals surface area contributed by atoms with Crippen molar-refractivity contribution >= 4 is 17.4 Å². The van der Waals surface area contributed by atoms with Crippen molar-refractivity contribution in [2.45, 2.75) is 18.7 Å². The number of aryl methyl sites for hydroxylation is 2. The van der Waals surface area contributed by atoms with Gasteiger partial charge in [-0.3, -0.25) is 0 Å². The molecular weight excluding hydrogens is 238 g/mol. The zero-order valence-corrected chi connectivity index (χ0v) is 11.8. The third kappa shape index (κ3) is 3.81. The van der Waals surface area contributed by atoms with Gasteiger partial charge in [0.25, 0.3) is 0 Å². The minimum absolute atomic E-state index is 0.989. The SMILES string of the molecule is Cc1ccc(SCCNc2ccccc2C)cc1. The van der Waals surface area contributed by atoms with Crippen LogP contribution in [0.2, 0.25) is 0 Å². The first-order valence-corrected chi connectivity index (χ1v) is 7.23. The Labute approximate surface area is 114 Å². The molecule has 0 spiro atoms. The highest BCUT2D eigenvalue weighted by atomic mass is 32.2. The lowest BCUT2D eigenvalue weighted by Gasteiger charge is -2.09. The van der Waals surface area contributed by atoms with Crippen LogP contribution in [-0.2, 0) is 0 Å². The molecule has 94 valence electrons. The highest BCUT2D eigenvalue weighted by Gasteiger charge is 1.96. The monoisotopic (exact) mass is 257 g/mol. The standard InChI is InChI=1S/C16H19NS/c1-13-7-9-15(10-8-13)18-12-11-17-16-6-4-3-5-14(16)2/h3-10,17H,11-12H2,1-2H3. The number of hydrogen-bond acceptors (Lipinski definition) is 2. The Morgan fingerprint density at radius 3 is 2.39 bits per heavy atom. The third-order valence-corrected chi connectivity index (χ3v) is 3.87. The van der Waals surface area contributed by atoms with Crippen LogP contribution in [0.25, 0.3) is 0 Å². The van der Waals surface area contributed by atoms with Crippen LogP contribution in [0, 0.1) is 13.8 Å². The molecule has 0 aliphatic rings. The number of rotatable bonds is 5. The molecule has 18 heavy (non-hydrogen) atoms. The highest BCUT2D eigenvalue weighted by molar-refractivity contribution is 7.99. The van der Waals surface area contributed by atoms with Gasteiger partial charge in [-0.1, -0.05) is 35.9 Å². The zero-order valence-electron chi connectivity index (χ0n) is 10.9. The fourth-order valence-corrected chi connectivity index (χ4v) is 2.53. The van der Waals surface area contributed by atoms with Crippen LogP contribution in [0.1, 0.15) is 11.1 Å². The largest absolute Gasteiger partial charge is 0.384 e. The molecule has 0 bridgehead atoms. The van der Waals surface area contributed by atoms with Gasteiger partial charge in [-0.25, -0.2) is 0 Å². The van der Waals surface area contributed by atoms with E-state index in [1.165, 1.54) is 21.7 Å². The molecule has 0 unspecified atom stereocenters. The predicted molar refractivity (Wildman–Crippen MR) is 81.6 cm³/mol. The normalized spacial score (nSPS) is 10.3. The van der Waals surface area contributed by atoms with Gasteiger partial charge in [0.15, 0.2) is 0 Å². The lowest BCUT2D eigenvalue weighted by Crippen LogP contribution is -2.04. The zero-order chi connectivity index (χ0) is 12.8. The summed E-state index contributed by atoms with van der Waals surface area (Å²) in [7, 11) is 0. The van der Waals surface area contributed by atoms with Gasteiger partial charge in [0.1, 0.15) is 0 Å². The topological polar surface area (TPSA) is 12.0 Å². The van der Waals surface area contributed by atoms with Gasteiger partial charge in [0.05, 0.1) is 0 Å². The maximum absolute atomic E-state index is 3.47. The maximum Gasteiger partial charge on any atom is 0.0370 e. The molecule has 1 N–H and O–H groups in total. The summed E-state index contributed by atoms with van der Waals surface area (Å²) in [5.41, 5.74) is 3.86. The average Bonchev–Trinajstić information content (AvgIpc) is 2.39. The van der Waals surface area contributed by atoms with Crippen molar-refractivity contribution in [3.63, 3.8) is 0 Å². The van der Waals surface area contributed by atoms with Gasteiger partial charge in [-0.15, -0.1) is 11.8 Å². The van der Waals surface area contributed by atoms with E-state index in [0.717, 1.165) is 12.3 Å². The van der Waals surface area contributed by atoms with Gasteiger partial charge in [-0.2, -0.15) is 0 Å². The number of benzene rings is 2. The summed E-state index contributed by atoms with van der Waals surface area (Å²) in [6.07, 6.45) is 0. The molecule has 0 aromatic heterocycles. The molecule has 2 aromatic rings. The summed E-state index contributed by atoms with van der Waals surface area (Å²) >= 11 is 1.89. The summed E-state index contributed by atoms with van der Waals surface area (Å²) in [4.78, 5) is 1.34. The molecule has 0 aliphatic carbocycles. The minimum Gasteiger partial charge on any atom is -0.384 e. The Morgan fingerprint density at radius 1 is 0.944 bits per heavy atom. The van der Waals surface area contributed by atoms with E-state index in [-0.39, 0.29) is 0 Å². The molecule has 0 fully saturated rings. The second-order valence-electron chi connectivity index (χ2n) is 4.40. The molecule has 1 nitrogen and oxygen atoms in total. The third-order valence-electron chi connectivity index (χ3n) is 2.85. The van der Waals surface area contributed by atoms with Crippen LogP contribution in [0.4, 0.5) is 5.69 Å². The van der Waals surface area contributed by atoms with Crippen molar-refractivity contribution in [1.29, 1.82) is 0 Å². The van der Waals surface area contributed by atoms with Gasteiger partial charge < -0.3 is 5.32 Å². The first kappa shape index (κ1) is 13.0. The molecule has 2 rings (SSSR count). The van der Waals surface area contributed by atoms with Crippen LogP contribution < -0.4 is 5.32 Å². The molecule has 0 heterocycles. The molecule has 0 saturated carbocycles. The van der Waals surface area contributed by atoms with E-state index in [1.54, 1.807) is 0 Å². The average molecular weight is 257 g/mol. The van der Waals surface area contributed by atoms with Gasteiger partial charge in [0, 0.05) is 22.9 Å². The Bertz CT molecular complexity index is 491. The van der Waals surface area contributed by atoms with Crippen LogP contribution in [0.3, 0.4) is 0 Å². The molecule has 2 aromatic carbocycles. The van der Waals surface area contributed by atoms with Gasteiger partial charge in [0.2, 0.25) is 0 Å². The van der Waals surface area contributed by atoms with E-state index < -0.39 is 0 Å². The molecule has 0 amide bonds. The molecule has 0 radical (unpaired) electrons. The van der Waals surface area contributed by atoms with E-state index in [9.17, 15) is 0 Å². The van der Waals surface area contributed by atoms with Crippen LogP contribution in [-0.4, -0.2) is 12.3 Å². The van der Waals surface area contributed by atoms with E-state index in [4.69, 9.17) is 0 Å². The Kier molecular flexibility index (Phi) is 4.71. The summed E-state index contributed by atoms with van der Waals surface area (Å²) in [5, 5.41) is 3.47. The summed E-state index contributed by atoms with van der Waals surface area (Å²) < 4.78 is 0. The van der Waals surface area contributed by atoms with Crippen LogP contribution in [0.15, 0.2) is 53.4 Å². The second-order valence-corrected chi connectivity index (χ2v) is 5.57. The van der Waals surface area contributed by atoms with Crippen molar-refractivity contribution in [2.75, 3.05) is 17.6 Å². The number of anilines is 1. The highest BCUT2D eigenvalue weighted by Crippen LogP contribution is 2.18. The Hall–Kier alpha value is -1.41. The molecule has 0 aliphatic heterocycles. The van der Waals surface area contributed by atoms with Crippen molar-refractivity contribution in [3.05, 3.63) is 59.7 Å². The minimum atomic E-state index is 0.989. The fourth-order valence-electron chi connectivity index (χ4n) is 1.76. The van der Waals surface area contributed by atoms with Crippen molar-refractivity contribution in [3.8, 4) is 0 Å². The number of hydrogen-bond donors (Lipinski definition) is 1. The van der Waals surface area contributed by atoms with E-state index in [2.05, 4.69) is 67.7 Å². The van der Waals surface area contributed by atoms with Gasteiger partial charge in [-0.05, 0) is 37.6 Å². The lowest BCUT2D eigenvalue weighted by molar-refractivity contribution is 1.21. The second kappa shape index (κ2) is 6.50. The molecule has 0 saturated heterocycles. The Morgan fingerprint density at radius 2 is 1.67 bits per heavy atom. The molecule has 2 heteroatoms. The smallest absolute Gasteiger partial charge is 0.0370 e. The Balaban J connectivity index is 1.76. The van der Waals surface area contributed by atoms with Crippen LogP contribution >= 0.6 is 11.8 Å². The fraction of sp³-hybridized carbons (Fsp3) is 0.250. The number of para-hydroxylation sites is 1. The number of nitrogens with one attached hydrogen (secondary N) is 1. The molecule has 0 atom stereocenters. The lowest BCUT2D eigenvalue weighted by atomic mass is 10.2. The van der Waals surface area contributed by atoms with E-state index in [0.29, 0.717) is 0 Å². The summed E-state index contributed by atoms with van der Waals surface area (Å²) in [6, 6.07) is 17.1. The van der Waals surface area contributed by atoms with Crippen molar-refractivity contribution in [1.82, 2.24) is 0 Å².